The van der Waals surface area contributed by atoms with Gasteiger partial charge in [0.25, 0.3) is 0 Å². The van der Waals surface area contributed by atoms with Crippen molar-refractivity contribution < 1.29 is 0 Å². The molecular weight excluding hydrogens is 210 g/mol. The standard InChI is InChI=1S/C14H19N3/c1-3-8-17-10-14(9-16-17)13-6-4-12(5-7-13)11(2)15/h4-7,9-11H,3,8,15H2,1-2H3/t11-/m0/s1. The fraction of sp³-hybridized carbons (Fsp3) is 0.357. The first-order valence-electron chi connectivity index (χ1n) is 6.09. The first-order chi connectivity index (χ1) is 8.20. The van der Waals surface area contributed by atoms with Crippen LogP contribution in [0.1, 0.15) is 31.9 Å². The maximum atomic E-state index is 5.83. The maximum absolute atomic E-state index is 5.83. The summed E-state index contributed by atoms with van der Waals surface area (Å²) in [7, 11) is 0. The fourth-order valence-corrected chi connectivity index (χ4v) is 1.84. The van der Waals surface area contributed by atoms with Gasteiger partial charge in [-0.15, -0.1) is 0 Å². The second kappa shape index (κ2) is 5.15. The summed E-state index contributed by atoms with van der Waals surface area (Å²) in [5.74, 6) is 0. The molecule has 0 saturated heterocycles. The Labute approximate surface area is 102 Å². The third-order valence-electron chi connectivity index (χ3n) is 2.86. The molecule has 1 aromatic heterocycles. The molecule has 3 nitrogen and oxygen atoms in total. The van der Waals surface area contributed by atoms with Gasteiger partial charge in [0, 0.05) is 24.3 Å². The van der Waals surface area contributed by atoms with Gasteiger partial charge in [-0.2, -0.15) is 5.10 Å². The van der Waals surface area contributed by atoms with E-state index in [0.717, 1.165) is 24.1 Å². The molecule has 1 heterocycles. The van der Waals surface area contributed by atoms with Gasteiger partial charge in [-0.3, -0.25) is 4.68 Å². The van der Waals surface area contributed by atoms with Crippen molar-refractivity contribution in [1.82, 2.24) is 9.78 Å². The summed E-state index contributed by atoms with van der Waals surface area (Å²) in [6.45, 7) is 5.12. The highest BCUT2D eigenvalue weighted by Crippen LogP contribution is 2.20. The van der Waals surface area contributed by atoms with E-state index in [0.29, 0.717) is 0 Å². The minimum Gasteiger partial charge on any atom is -0.324 e. The summed E-state index contributed by atoms with van der Waals surface area (Å²) in [6, 6.07) is 8.46. The number of hydrogen-bond acceptors (Lipinski definition) is 2. The Morgan fingerprint density at radius 3 is 2.53 bits per heavy atom. The molecule has 17 heavy (non-hydrogen) atoms. The smallest absolute Gasteiger partial charge is 0.0568 e. The number of nitrogens with two attached hydrogens (primary N) is 1. The number of hydrogen-bond donors (Lipinski definition) is 1. The number of nitrogens with zero attached hydrogens (tertiary/aromatic N) is 2. The second-order valence-corrected chi connectivity index (χ2v) is 4.40. The van der Waals surface area contributed by atoms with Crippen LogP contribution in [-0.2, 0) is 6.54 Å². The van der Waals surface area contributed by atoms with Crippen LogP contribution in [0.25, 0.3) is 11.1 Å². The second-order valence-electron chi connectivity index (χ2n) is 4.40. The molecule has 0 amide bonds. The molecule has 3 heteroatoms. The molecular formula is C14H19N3. The zero-order valence-corrected chi connectivity index (χ0v) is 10.4. The van der Waals surface area contributed by atoms with Crippen LogP contribution in [0.5, 0.6) is 0 Å². The fourth-order valence-electron chi connectivity index (χ4n) is 1.84. The highest BCUT2D eigenvalue weighted by Gasteiger charge is 2.03. The first kappa shape index (κ1) is 11.9. The Morgan fingerprint density at radius 1 is 1.24 bits per heavy atom. The van der Waals surface area contributed by atoms with E-state index in [9.17, 15) is 0 Å². The molecule has 0 unspecified atom stereocenters. The minimum absolute atomic E-state index is 0.0897. The van der Waals surface area contributed by atoms with Crippen molar-refractivity contribution in [3.63, 3.8) is 0 Å². The van der Waals surface area contributed by atoms with Crippen LogP contribution in [0.4, 0.5) is 0 Å². The van der Waals surface area contributed by atoms with E-state index < -0.39 is 0 Å². The summed E-state index contributed by atoms with van der Waals surface area (Å²) in [6.07, 6.45) is 5.10. The molecule has 0 spiro atoms. The molecule has 2 rings (SSSR count). The Bertz CT molecular complexity index is 468. The van der Waals surface area contributed by atoms with E-state index in [4.69, 9.17) is 5.73 Å². The normalized spacial score (nSPS) is 12.6. The monoisotopic (exact) mass is 229 g/mol. The van der Waals surface area contributed by atoms with E-state index >= 15 is 0 Å². The Balaban J connectivity index is 2.21. The molecule has 0 saturated carbocycles. The lowest BCUT2D eigenvalue weighted by molar-refractivity contribution is 0.603. The lowest BCUT2D eigenvalue weighted by atomic mass is 10.0. The zero-order chi connectivity index (χ0) is 12.3. The van der Waals surface area contributed by atoms with Gasteiger partial charge in [0.1, 0.15) is 0 Å². The lowest BCUT2D eigenvalue weighted by Gasteiger charge is -2.05. The van der Waals surface area contributed by atoms with Gasteiger partial charge in [0.2, 0.25) is 0 Å². The largest absolute Gasteiger partial charge is 0.324 e. The number of benzene rings is 1. The number of aromatic nitrogens is 2. The topological polar surface area (TPSA) is 43.8 Å². The molecule has 0 bridgehead atoms. The molecule has 0 fully saturated rings. The predicted molar refractivity (Wildman–Crippen MR) is 70.6 cm³/mol. The van der Waals surface area contributed by atoms with Crippen LogP contribution >= 0.6 is 0 Å². The molecule has 1 aromatic carbocycles. The highest BCUT2D eigenvalue weighted by molar-refractivity contribution is 5.62. The van der Waals surface area contributed by atoms with Crippen molar-refractivity contribution in [2.75, 3.05) is 0 Å². The quantitative estimate of drug-likeness (QED) is 0.876. The van der Waals surface area contributed by atoms with E-state index in [2.05, 4.69) is 42.5 Å². The summed E-state index contributed by atoms with van der Waals surface area (Å²) in [5.41, 5.74) is 9.34. The van der Waals surface area contributed by atoms with Gasteiger partial charge in [0.05, 0.1) is 6.20 Å². The highest BCUT2D eigenvalue weighted by atomic mass is 15.3. The van der Waals surface area contributed by atoms with Crippen LogP contribution in [0.2, 0.25) is 0 Å². The van der Waals surface area contributed by atoms with Gasteiger partial charge in [-0.05, 0) is 24.5 Å². The van der Waals surface area contributed by atoms with E-state index in [1.54, 1.807) is 0 Å². The number of rotatable bonds is 4. The van der Waals surface area contributed by atoms with E-state index in [-0.39, 0.29) is 6.04 Å². The summed E-state index contributed by atoms with van der Waals surface area (Å²) >= 11 is 0. The van der Waals surface area contributed by atoms with E-state index in [1.165, 1.54) is 5.56 Å². The summed E-state index contributed by atoms with van der Waals surface area (Å²) in [5, 5.41) is 4.33. The molecule has 0 aliphatic rings. The van der Waals surface area contributed by atoms with Crippen LogP contribution in [0.3, 0.4) is 0 Å². The lowest BCUT2D eigenvalue weighted by Crippen LogP contribution is -2.04. The van der Waals surface area contributed by atoms with Crippen molar-refractivity contribution >= 4 is 0 Å². The Morgan fingerprint density at radius 2 is 1.94 bits per heavy atom. The van der Waals surface area contributed by atoms with Gasteiger partial charge in [-0.1, -0.05) is 31.2 Å². The molecule has 0 aliphatic carbocycles. The van der Waals surface area contributed by atoms with E-state index in [1.807, 2.05) is 17.8 Å². The van der Waals surface area contributed by atoms with Crippen LogP contribution in [0, 0.1) is 0 Å². The molecule has 2 N–H and O–H groups in total. The maximum Gasteiger partial charge on any atom is 0.0568 e. The summed E-state index contributed by atoms with van der Waals surface area (Å²) in [4.78, 5) is 0. The number of aryl methyl sites for hydroxylation is 1. The predicted octanol–water partition coefficient (Wildman–Crippen LogP) is 2.98. The zero-order valence-electron chi connectivity index (χ0n) is 10.4. The summed E-state index contributed by atoms with van der Waals surface area (Å²) < 4.78 is 1.98. The average Bonchev–Trinajstić information content (AvgIpc) is 2.78. The minimum atomic E-state index is 0.0897. The van der Waals surface area contributed by atoms with Crippen molar-refractivity contribution in [3.05, 3.63) is 42.2 Å². The molecule has 0 aliphatic heterocycles. The molecule has 2 aromatic rings. The Kier molecular flexibility index (Phi) is 3.59. The van der Waals surface area contributed by atoms with Crippen LogP contribution in [0.15, 0.2) is 36.7 Å². The third kappa shape index (κ3) is 2.74. The average molecular weight is 229 g/mol. The first-order valence-corrected chi connectivity index (χ1v) is 6.09. The van der Waals surface area contributed by atoms with Crippen molar-refractivity contribution in [2.24, 2.45) is 5.73 Å². The van der Waals surface area contributed by atoms with Crippen molar-refractivity contribution in [3.8, 4) is 11.1 Å². The van der Waals surface area contributed by atoms with Crippen molar-refractivity contribution in [1.29, 1.82) is 0 Å². The molecule has 0 radical (unpaired) electrons. The van der Waals surface area contributed by atoms with Gasteiger partial charge >= 0.3 is 0 Å². The van der Waals surface area contributed by atoms with Crippen LogP contribution < -0.4 is 5.73 Å². The molecule has 90 valence electrons. The van der Waals surface area contributed by atoms with Gasteiger partial charge in [0.15, 0.2) is 0 Å². The van der Waals surface area contributed by atoms with Gasteiger partial charge < -0.3 is 5.73 Å². The van der Waals surface area contributed by atoms with Crippen molar-refractivity contribution in [2.45, 2.75) is 32.9 Å². The van der Waals surface area contributed by atoms with Gasteiger partial charge in [-0.25, -0.2) is 0 Å². The SMILES string of the molecule is CCCn1cc(-c2ccc([C@H](C)N)cc2)cn1. The third-order valence-corrected chi connectivity index (χ3v) is 2.86. The van der Waals surface area contributed by atoms with Crippen LogP contribution in [-0.4, -0.2) is 9.78 Å². The molecule has 1 atom stereocenters. The Hall–Kier alpha value is -1.61.